The molecule has 0 radical (unpaired) electrons. The molecule has 0 saturated carbocycles. The van der Waals surface area contributed by atoms with Gasteiger partial charge in [0.15, 0.2) is 0 Å². The Hall–Kier alpha value is -1.62. The van der Waals surface area contributed by atoms with Gasteiger partial charge in [0.2, 0.25) is 11.6 Å². The minimum absolute atomic E-state index is 0.0808. The molecule has 0 saturated heterocycles. The number of carbonyl (C=O) groups is 2. The van der Waals surface area contributed by atoms with Crippen molar-refractivity contribution >= 4 is 33.3 Å². The van der Waals surface area contributed by atoms with Gasteiger partial charge in [-0.1, -0.05) is 0 Å². The summed E-state index contributed by atoms with van der Waals surface area (Å²) >= 11 is 2.83. The Labute approximate surface area is 93.0 Å². The fourth-order valence-corrected chi connectivity index (χ4v) is 1.77. The van der Waals surface area contributed by atoms with E-state index >= 15 is 0 Å². The standard InChI is InChI=1S/C10H5BrO4/c11-7-8(13)6-3-4(12)1-2-5(6)9(14)10(7)15/h1-3,12-13H. The number of ketones is 2. The van der Waals surface area contributed by atoms with Crippen LogP contribution < -0.4 is 0 Å². The molecular formula is C10H5BrO4. The highest BCUT2D eigenvalue weighted by Crippen LogP contribution is 2.32. The third-order valence-electron chi connectivity index (χ3n) is 2.12. The molecule has 5 heteroatoms. The van der Waals surface area contributed by atoms with E-state index in [9.17, 15) is 19.8 Å². The number of allylic oxidation sites excluding steroid dienone is 1. The molecule has 76 valence electrons. The van der Waals surface area contributed by atoms with E-state index < -0.39 is 11.6 Å². The van der Waals surface area contributed by atoms with E-state index in [4.69, 9.17) is 0 Å². The minimum atomic E-state index is -0.786. The molecule has 0 bridgehead atoms. The lowest BCUT2D eigenvalue weighted by molar-refractivity contribution is -0.111. The van der Waals surface area contributed by atoms with Crippen LogP contribution in [-0.2, 0) is 4.79 Å². The fourth-order valence-electron chi connectivity index (χ4n) is 1.37. The molecule has 2 N–H and O–H groups in total. The molecule has 0 fully saturated rings. The van der Waals surface area contributed by atoms with Crippen LogP contribution in [0.1, 0.15) is 15.9 Å². The first-order valence-corrected chi connectivity index (χ1v) is 4.83. The predicted octanol–water partition coefficient (Wildman–Crippen LogP) is 1.78. The molecule has 1 aromatic rings. The lowest BCUT2D eigenvalue weighted by Crippen LogP contribution is -2.21. The van der Waals surface area contributed by atoms with E-state index in [0.29, 0.717) is 0 Å². The molecule has 0 amide bonds. The molecule has 1 aliphatic rings. The largest absolute Gasteiger partial charge is 0.508 e. The highest BCUT2D eigenvalue weighted by Gasteiger charge is 2.31. The number of aromatic hydroxyl groups is 1. The quantitative estimate of drug-likeness (QED) is 0.704. The maximum Gasteiger partial charge on any atom is 0.244 e. The number of Topliss-reactive ketones (excluding diaryl/α,β-unsaturated/α-hetero) is 2. The van der Waals surface area contributed by atoms with Crippen LogP contribution in [0.5, 0.6) is 5.75 Å². The lowest BCUT2D eigenvalue weighted by atomic mass is 9.94. The van der Waals surface area contributed by atoms with Crippen molar-refractivity contribution in [2.24, 2.45) is 0 Å². The van der Waals surface area contributed by atoms with Gasteiger partial charge in [0.25, 0.3) is 0 Å². The highest BCUT2D eigenvalue weighted by molar-refractivity contribution is 9.12. The van der Waals surface area contributed by atoms with Crippen LogP contribution in [0.15, 0.2) is 22.7 Å². The number of phenolic OH excluding ortho intramolecular Hbond substituents is 1. The van der Waals surface area contributed by atoms with Crippen LogP contribution in [0.4, 0.5) is 0 Å². The van der Waals surface area contributed by atoms with Crippen LogP contribution >= 0.6 is 15.9 Å². The normalized spacial score (nSPS) is 15.5. The molecule has 4 nitrogen and oxygen atoms in total. The van der Waals surface area contributed by atoms with Crippen LogP contribution in [0.25, 0.3) is 5.76 Å². The molecule has 0 aliphatic heterocycles. The molecule has 2 rings (SSSR count). The zero-order chi connectivity index (χ0) is 11.2. The molecular weight excluding hydrogens is 264 g/mol. The van der Waals surface area contributed by atoms with Gasteiger partial charge in [0.1, 0.15) is 16.0 Å². The van der Waals surface area contributed by atoms with Gasteiger partial charge in [0.05, 0.1) is 0 Å². The lowest BCUT2D eigenvalue weighted by Gasteiger charge is -2.14. The number of aliphatic hydroxyl groups excluding tert-OH is 1. The molecule has 1 aliphatic carbocycles. The highest BCUT2D eigenvalue weighted by atomic mass is 79.9. The number of hydrogen-bond donors (Lipinski definition) is 2. The first kappa shape index (κ1) is 9.92. The van der Waals surface area contributed by atoms with Gasteiger partial charge in [-0.25, -0.2) is 0 Å². The Balaban J connectivity index is 2.78. The number of hydrogen-bond acceptors (Lipinski definition) is 4. The third-order valence-corrected chi connectivity index (χ3v) is 2.85. The van der Waals surface area contributed by atoms with Crippen molar-refractivity contribution in [1.82, 2.24) is 0 Å². The van der Waals surface area contributed by atoms with Crippen LogP contribution in [-0.4, -0.2) is 21.8 Å². The number of rotatable bonds is 0. The van der Waals surface area contributed by atoms with E-state index in [1.807, 2.05) is 0 Å². The first-order valence-electron chi connectivity index (χ1n) is 4.03. The van der Waals surface area contributed by atoms with Crippen molar-refractivity contribution < 1.29 is 19.8 Å². The molecule has 0 unspecified atom stereocenters. The summed E-state index contributed by atoms with van der Waals surface area (Å²) < 4.78 is -0.175. The van der Waals surface area contributed by atoms with E-state index in [1.165, 1.54) is 18.2 Å². The van der Waals surface area contributed by atoms with Gasteiger partial charge in [-0.15, -0.1) is 0 Å². The number of benzene rings is 1. The van der Waals surface area contributed by atoms with Crippen molar-refractivity contribution in [2.75, 3.05) is 0 Å². The number of aliphatic hydroxyl groups is 1. The van der Waals surface area contributed by atoms with E-state index in [-0.39, 0.29) is 27.1 Å². The van der Waals surface area contributed by atoms with Gasteiger partial charge in [-0.2, -0.15) is 0 Å². The average Bonchev–Trinajstić information content (AvgIpc) is 2.23. The molecule has 0 atom stereocenters. The topological polar surface area (TPSA) is 74.6 Å². The molecule has 1 aromatic carbocycles. The van der Waals surface area contributed by atoms with Gasteiger partial charge in [0, 0.05) is 11.1 Å². The fraction of sp³-hybridized carbons (Fsp3) is 0. The van der Waals surface area contributed by atoms with Crippen LogP contribution in [0, 0.1) is 0 Å². The molecule has 15 heavy (non-hydrogen) atoms. The van der Waals surface area contributed by atoms with Gasteiger partial charge in [-0.05, 0) is 34.1 Å². The maximum atomic E-state index is 11.5. The Morgan fingerprint density at radius 2 is 1.67 bits per heavy atom. The van der Waals surface area contributed by atoms with Crippen molar-refractivity contribution in [1.29, 1.82) is 0 Å². The molecule has 0 aromatic heterocycles. The summed E-state index contributed by atoms with van der Waals surface area (Å²) in [6.07, 6.45) is 0. The molecule has 0 spiro atoms. The summed E-state index contributed by atoms with van der Waals surface area (Å²) in [5.41, 5.74) is 0.255. The van der Waals surface area contributed by atoms with Crippen molar-refractivity contribution in [3.8, 4) is 5.75 Å². The zero-order valence-electron chi connectivity index (χ0n) is 7.32. The summed E-state index contributed by atoms with van der Waals surface area (Å²) in [4.78, 5) is 22.8. The Morgan fingerprint density at radius 3 is 2.33 bits per heavy atom. The van der Waals surface area contributed by atoms with E-state index in [2.05, 4.69) is 15.9 Å². The van der Waals surface area contributed by atoms with Crippen molar-refractivity contribution in [2.45, 2.75) is 0 Å². The van der Waals surface area contributed by atoms with Gasteiger partial charge >= 0.3 is 0 Å². The number of carbonyl (C=O) groups excluding carboxylic acids is 2. The number of halogens is 1. The van der Waals surface area contributed by atoms with E-state index in [0.717, 1.165) is 0 Å². The Kier molecular flexibility index (Phi) is 2.12. The third kappa shape index (κ3) is 1.35. The van der Waals surface area contributed by atoms with Crippen LogP contribution in [0.3, 0.4) is 0 Å². The van der Waals surface area contributed by atoms with Gasteiger partial charge < -0.3 is 10.2 Å². The predicted molar refractivity (Wildman–Crippen MR) is 55.9 cm³/mol. The van der Waals surface area contributed by atoms with E-state index in [1.54, 1.807) is 0 Å². The monoisotopic (exact) mass is 268 g/mol. The summed E-state index contributed by atoms with van der Waals surface area (Å²) in [6, 6.07) is 3.83. The van der Waals surface area contributed by atoms with Crippen LogP contribution in [0.2, 0.25) is 0 Å². The Bertz CT molecular complexity index is 516. The first-order chi connectivity index (χ1) is 7.02. The van der Waals surface area contributed by atoms with Crippen molar-refractivity contribution in [3.63, 3.8) is 0 Å². The number of phenols is 1. The summed E-state index contributed by atoms with van der Waals surface area (Å²) in [6.45, 7) is 0. The summed E-state index contributed by atoms with van der Waals surface area (Å²) in [5.74, 6) is -1.89. The van der Waals surface area contributed by atoms with Crippen molar-refractivity contribution in [3.05, 3.63) is 33.8 Å². The maximum absolute atomic E-state index is 11.5. The second-order valence-corrected chi connectivity index (χ2v) is 3.84. The smallest absolute Gasteiger partial charge is 0.244 e. The average molecular weight is 269 g/mol. The second-order valence-electron chi connectivity index (χ2n) is 3.05. The Morgan fingerprint density at radius 1 is 1.00 bits per heavy atom. The second kappa shape index (κ2) is 3.20. The summed E-state index contributed by atoms with van der Waals surface area (Å²) in [7, 11) is 0. The molecule has 0 heterocycles. The SMILES string of the molecule is O=C1C(=O)c2ccc(O)cc2C(O)=C1Br. The number of fused-ring (bicyclic) bond motifs is 1. The zero-order valence-corrected chi connectivity index (χ0v) is 8.91. The van der Waals surface area contributed by atoms with Gasteiger partial charge in [-0.3, -0.25) is 9.59 Å². The minimum Gasteiger partial charge on any atom is -0.508 e. The summed E-state index contributed by atoms with van der Waals surface area (Å²) in [5, 5.41) is 18.8.